The fourth-order valence-electron chi connectivity index (χ4n) is 3.50. The van der Waals surface area contributed by atoms with Crippen LogP contribution in [0.3, 0.4) is 0 Å². The van der Waals surface area contributed by atoms with Crippen molar-refractivity contribution in [1.29, 1.82) is 0 Å². The fourth-order valence-corrected chi connectivity index (χ4v) is 3.50. The van der Waals surface area contributed by atoms with Crippen LogP contribution >= 0.6 is 0 Å². The molecule has 0 aliphatic heterocycles. The third kappa shape index (κ3) is 6.58. The van der Waals surface area contributed by atoms with Gasteiger partial charge in [0, 0.05) is 18.8 Å². The van der Waals surface area contributed by atoms with Gasteiger partial charge in [-0.05, 0) is 43.4 Å². The van der Waals surface area contributed by atoms with Gasteiger partial charge in [0.05, 0.1) is 18.4 Å². The van der Waals surface area contributed by atoms with E-state index in [0.717, 1.165) is 12.1 Å². The van der Waals surface area contributed by atoms with Crippen molar-refractivity contribution in [2.45, 2.75) is 57.7 Å². The predicted molar refractivity (Wildman–Crippen MR) is 116 cm³/mol. The third-order valence-electron chi connectivity index (χ3n) is 5.42. The summed E-state index contributed by atoms with van der Waals surface area (Å²) in [5.74, 6) is 0.260. The third-order valence-corrected chi connectivity index (χ3v) is 5.42. The van der Waals surface area contributed by atoms with Gasteiger partial charge in [0.2, 0.25) is 0 Å². The first-order valence-corrected chi connectivity index (χ1v) is 10.7. The van der Waals surface area contributed by atoms with Gasteiger partial charge in [-0.15, -0.1) is 5.10 Å². The Hall–Kier alpha value is -3.34. The SMILES string of the molecule is CCC(O)(Cn1nncc1CCCCn1ccc(=O)[nH]c1=O)c1cccc(OCC(F)F)c1. The number of aryl methyl sites for hydroxylation is 2. The smallest absolute Gasteiger partial charge is 0.328 e. The van der Waals surface area contributed by atoms with Gasteiger partial charge in [-0.3, -0.25) is 9.78 Å². The second kappa shape index (κ2) is 11.0. The van der Waals surface area contributed by atoms with Crippen LogP contribution in [0.1, 0.15) is 37.4 Å². The van der Waals surface area contributed by atoms with Crippen LogP contribution in [0.15, 0.2) is 52.3 Å². The minimum atomic E-state index is -2.58. The molecule has 0 aliphatic carbocycles. The first-order valence-electron chi connectivity index (χ1n) is 10.7. The molecule has 2 aromatic heterocycles. The van der Waals surface area contributed by atoms with E-state index in [1.54, 1.807) is 35.1 Å². The number of benzene rings is 1. The lowest BCUT2D eigenvalue weighted by Gasteiger charge is -2.28. The minimum absolute atomic E-state index is 0.135. The van der Waals surface area contributed by atoms with Gasteiger partial charge in [-0.2, -0.15) is 0 Å². The van der Waals surface area contributed by atoms with E-state index in [1.807, 2.05) is 6.92 Å². The lowest BCUT2D eigenvalue weighted by Crippen LogP contribution is -2.32. The zero-order valence-corrected chi connectivity index (χ0v) is 18.3. The van der Waals surface area contributed by atoms with Crippen LogP contribution in [0.4, 0.5) is 8.78 Å². The molecular weight excluding hydrogens is 436 g/mol. The van der Waals surface area contributed by atoms with Gasteiger partial charge in [0.15, 0.2) is 0 Å². The number of hydrogen-bond acceptors (Lipinski definition) is 6. The Kier molecular flexibility index (Phi) is 8.10. The normalized spacial score (nSPS) is 13.2. The van der Waals surface area contributed by atoms with Crippen molar-refractivity contribution >= 4 is 0 Å². The average Bonchev–Trinajstić information content (AvgIpc) is 3.23. The molecule has 2 heterocycles. The summed E-state index contributed by atoms with van der Waals surface area (Å²) in [7, 11) is 0. The van der Waals surface area contributed by atoms with Crippen LogP contribution in [0.2, 0.25) is 0 Å². The molecule has 0 bridgehead atoms. The summed E-state index contributed by atoms with van der Waals surface area (Å²) < 4.78 is 33.1. The highest BCUT2D eigenvalue weighted by atomic mass is 19.3. The summed E-state index contributed by atoms with van der Waals surface area (Å²) in [6.45, 7) is 1.70. The standard InChI is InChI=1S/C22H27F2N5O4/c1-2-22(32,16-6-5-8-18(12-16)33-14-19(23)24)15-29-17(13-25-27-29)7-3-4-10-28-11-9-20(30)26-21(28)31/h5-6,8-9,11-13,19,32H,2-4,7,10,14-15H2,1H3,(H,26,30,31). The first kappa shape index (κ1) is 24.3. The van der Waals surface area contributed by atoms with Crippen molar-refractivity contribution in [2.24, 2.45) is 0 Å². The molecule has 3 aromatic rings. The summed E-state index contributed by atoms with van der Waals surface area (Å²) >= 11 is 0. The molecule has 0 aliphatic rings. The Morgan fingerprint density at radius 2 is 2.06 bits per heavy atom. The van der Waals surface area contributed by atoms with Gasteiger partial charge in [0.1, 0.15) is 18.0 Å². The number of nitrogens with one attached hydrogen (secondary N) is 1. The summed E-state index contributed by atoms with van der Waals surface area (Å²) in [6.07, 6.45) is 2.93. The highest BCUT2D eigenvalue weighted by Gasteiger charge is 2.29. The largest absolute Gasteiger partial charge is 0.488 e. The zero-order chi connectivity index (χ0) is 23.8. The molecule has 0 saturated carbocycles. The lowest BCUT2D eigenvalue weighted by molar-refractivity contribution is 0.00935. The molecule has 178 valence electrons. The number of nitrogens with zero attached hydrogens (tertiary/aromatic N) is 4. The predicted octanol–water partition coefficient (Wildman–Crippen LogP) is 2.09. The number of aromatic nitrogens is 5. The molecular formula is C22H27F2N5O4. The number of unbranched alkanes of at least 4 members (excludes halogenated alkanes) is 1. The van der Waals surface area contributed by atoms with E-state index < -0.39 is 29.9 Å². The molecule has 1 unspecified atom stereocenters. The Balaban J connectivity index is 1.63. The van der Waals surface area contributed by atoms with Crippen molar-refractivity contribution in [3.05, 3.63) is 74.8 Å². The number of halogens is 2. The summed E-state index contributed by atoms with van der Waals surface area (Å²) in [6, 6.07) is 7.80. The minimum Gasteiger partial charge on any atom is -0.488 e. The Labute approximate surface area is 188 Å². The molecule has 0 saturated heterocycles. The van der Waals surface area contributed by atoms with Crippen LogP contribution in [0.5, 0.6) is 5.75 Å². The molecule has 0 amide bonds. The maximum absolute atomic E-state index is 12.5. The van der Waals surface area contributed by atoms with E-state index in [2.05, 4.69) is 15.3 Å². The van der Waals surface area contributed by atoms with Crippen molar-refractivity contribution in [3.8, 4) is 5.75 Å². The summed E-state index contributed by atoms with van der Waals surface area (Å²) in [5, 5.41) is 19.4. The Morgan fingerprint density at radius 1 is 1.24 bits per heavy atom. The highest BCUT2D eigenvalue weighted by Crippen LogP contribution is 2.30. The topological polar surface area (TPSA) is 115 Å². The average molecular weight is 463 g/mol. The van der Waals surface area contributed by atoms with E-state index >= 15 is 0 Å². The van der Waals surface area contributed by atoms with Crippen molar-refractivity contribution in [1.82, 2.24) is 24.5 Å². The number of ether oxygens (including phenoxy) is 1. The molecule has 1 atom stereocenters. The number of rotatable bonds is 12. The first-order chi connectivity index (χ1) is 15.8. The second-order valence-corrected chi connectivity index (χ2v) is 7.76. The summed E-state index contributed by atoms with van der Waals surface area (Å²) in [5.41, 5.74) is -0.810. The Morgan fingerprint density at radius 3 is 2.79 bits per heavy atom. The van der Waals surface area contributed by atoms with E-state index in [-0.39, 0.29) is 12.3 Å². The van der Waals surface area contributed by atoms with Gasteiger partial charge in [0.25, 0.3) is 12.0 Å². The number of H-pyrrole nitrogens is 1. The molecule has 9 nitrogen and oxygen atoms in total. The molecule has 0 radical (unpaired) electrons. The molecule has 33 heavy (non-hydrogen) atoms. The fraction of sp³-hybridized carbons (Fsp3) is 0.455. The molecule has 0 fully saturated rings. The van der Waals surface area contributed by atoms with E-state index in [0.29, 0.717) is 31.4 Å². The number of aliphatic hydroxyl groups is 1. The zero-order valence-electron chi connectivity index (χ0n) is 18.3. The van der Waals surface area contributed by atoms with E-state index in [9.17, 15) is 23.5 Å². The van der Waals surface area contributed by atoms with Crippen LogP contribution in [0, 0.1) is 0 Å². The molecule has 1 aromatic carbocycles. The second-order valence-electron chi connectivity index (χ2n) is 7.76. The van der Waals surface area contributed by atoms with Crippen molar-refractivity contribution < 1.29 is 18.6 Å². The van der Waals surface area contributed by atoms with Crippen molar-refractivity contribution in [2.75, 3.05) is 6.61 Å². The van der Waals surface area contributed by atoms with Gasteiger partial charge < -0.3 is 14.4 Å². The molecule has 2 N–H and O–H groups in total. The maximum Gasteiger partial charge on any atom is 0.328 e. The molecule has 3 rings (SSSR count). The van der Waals surface area contributed by atoms with Gasteiger partial charge >= 0.3 is 5.69 Å². The summed E-state index contributed by atoms with van der Waals surface area (Å²) in [4.78, 5) is 25.1. The van der Waals surface area contributed by atoms with E-state index in [4.69, 9.17) is 4.74 Å². The van der Waals surface area contributed by atoms with Crippen LogP contribution < -0.4 is 16.0 Å². The molecule has 0 spiro atoms. The lowest BCUT2D eigenvalue weighted by atomic mass is 9.90. The van der Waals surface area contributed by atoms with Crippen LogP contribution in [-0.2, 0) is 25.1 Å². The van der Waals surface area contributed by atoms with Crippen LogP contribution in [0.25, 0.3) is 0 Å². The monoisotopic (exact) mass is 463 g/mol. The number of hydrogen-bond donors (Lipinski definition) is 2. The molecule has 11 heteroatoms. The van der Waals surface area contributed by atoms with Crippen LogP contribution in [-0.4, -0.2) is 42.7 Å². The highest BCUT2D eigenvalue weighted by molar-refractivity contribution is 5.32. The van der Waals surface area contributed by atoms with E-state index in [1.165, 1.54) is 16.8 Å². The van der Waals surface area contributed by atoms with Gasteiger partial charge in [-0.25, -0.2) is 18.3 Å². The van der Waals surface area contributed by atoms with Crippen molar-refractivity contribution in [3.63, 3.8) is 0 Å². The quantitative estimate of drug-likeness (QED) is 0.398. The maximum atomic E-state index is 12.5. The number of aromatic amines is 1. The van der Waals surface area contributed by atoms with Gasteiger partial charge in [-0.1, -0.05) is 24.3 Å². The Bertz CT molecular complexity index is 1160. The number of alkyl halides is 2.